The molecule has 0 spiro atoms. The summed E-state index contributed by atoms with van der Waals surface area (Å²) in [5.41, 5.74) is 0. The van der Waals surface area contributed by atoms with Crippen LogP contribution in [0.15, 0.2) is 0 Å². The number of hydrogen-bond donors (Lipinski definition) is 2. The fraction of sp³-hybridized carbons (Fsp3) is 0.833. The predicted octanol–water partition coefficient (Wildman–Crippen LogP) is 1.17. The molecule has 1 amide bonds. The smallest absolute Gasteiger partial charge is 0.308 e. The van der Waals surface area contributed by atoms with Crippen LogP contribution in [0.25, 0.3) is 0 Å². The Balaban J connectivity index is 2.13. The SMILES string of the molecule is CCC(CNC(=O)CCC1CCCO1)C(=O)O. The first-order valence-electron chi connectivity index (χ1n) is 6.24. The Morgan fingerprint density at radius 3 is 2.82 bits per heavy atom. The van der Waals surface area contributed by atoms with Gasteiger partial charge in [0.25, 0.3) is 0 Å². The van der Waals surface area contributed by atoms with Crippen LogP contribution in [-0.4, -0.2) is 36.2 Å². The number of carboxylic acids is 1. The van der Waals surface area contributed by atoms with E-state index in [1.807, 2.05) is 0 Å². The summed E-state index contributed by atoms with van der Waals surface area (Å²) in [6, 6.07) is 0. The van der Waals surface area contributed by atoms with Crippen molar-refractivity contribution in [2.75, 3.05) is 13.2 Å². The molecule has 1 aliphatic rings. The van der Waals surface area contributed by atoms with Crippen molar-refractivity contribution < 1.29 is 19.4 Å². The molecule has 1 saturated heterocycles. The molecule has 0 aromatic rings. The van der Waals surface area contributed by atoms with E-state index in [0.29, 0.717) is 12.8 Å². The van der Waals surface area contributed by atoms with Gasteiger partial charge in [-0.15, -0.1) is 0 Å². The average molecular weight is 243 g/mol. The van der Waals surface area contributed by atoms with Crippen LogP contribution in [0.5, 0.6) is 0 Å². The van der Waals surface area contributed by atoms with Crippen molar-refractivity contribution in [2.45, 2.75) is 45.1 Å². The van der Waals surface area contributed by atoms with Gasteiger partial charge in [0, 0.05) is 19.6 Å². The Hall–Kier alpha value is -1.10. The van der Waals surface area contributed by atoms with Crippen molar-refractivity contribution in [3.05, 3.63) is 0 Å². The molecule has 1 fully saturated rings. The first kappa shape index (κ1) is 14.0. The van der Waals surface area contributed by atoms with E-state index in [2.05, 4.69) is 5.32 Å². The van der Waals surface area contributed by atoms with Crippen LogP contribution in [0.4, 0.5) is 0 Å². The zero-order valence-corrected chi connectivity index (χ0v) is 10.3. The second-order valence-corrected chi connectivity index (χ2v) is 4.42. The molecule has 0 saturated carbocycles. The molecule has 0 radical (unpaired) electrons. The Labute approximate surface area is 102 Å². The summed E-state index contributed by atoms with van der Waals surface area (Å²) in [5, 5.41) is 11.5. The zero-order chi connectivity index (χ0) is 12.7. The number of hydrogen-bond acceptors (Lipinski definition) is 3. The first-order chi connectivity index (χ1) is 8.13. The molecule has 2 unspecified atom stereocenters. The molecule has 5 nitrogen and oxygen atoms in total. The van der Waals surface area contributed by atoms with E-state index in [-0.39, 0.29) is 18.6 Å². The minimum Gasteiger partial charge on any atom is -0.481 e. The molecule has 1 heterocycles. The van der Waals surface area contributed by atoms with Gasteiger partial charge in [0.05, 0.1) is 12.0 Å². The molecule has 0 aliphatic carbocycles. The first-order valence-corrected chi connectivity index (χ1v) is 6.24. The van der Waals surface area contributed by atoms with E-state index in [4.69, 9.17) is 9.84 Å². The summed E-state index contributed by atoms with van der Waals surface area (Å²) < 4.78 is 5.41. The van der Waals surface area contributed by atoms with Crippen LogP contribution in [0, 0.1) is 5.92 Å². The topological polar surface area (TPSA) is 75.6 Å². The normalized spacial score (nSPS) is 21.1. The molecular formula is C12H21NO4. The van der Waals surface area contributed by atoms with E-state index >= 15 is 0 Å². The lowest BCUT2D eigenvalue weighted by Crippen LogP contribution is -2.32. The number of carbonyl (C=O) groups is 2. The summed E-state index contributed by atoms with van der Waals surface area (Å²) in [7, 11) is 0. The maximum absolute atomic E-state index is 11.5. The Morgan fingerprint density at radius 1 is 1.53 bits per heavy atom. The van der Waals surface area contributed by atoms with Gasteiger partial charge < -0.3 is 15.2 Å². The molecule has 17 heavy (non-hydrogen) atoms. The van der Waals surface area contributed by atoms with Gasteiger partial charge in [-0.2, -0.15) is 0 Å². The van der Waals surface area contributed by atoms with Crippen LogP contribution >= 0.6 is 0 Å². The van der Waals surface area contributed by atoms with E-state index in [1.54, 1.807) is 6.92 Å². The molecule has 2 N–H and O–H groups in total. The van der Waals surface area contributed by atoms with Crippen molar-refractivity contribution >= 4 is 11.9 Å². The maximum atomic E-state index is 11.5. The lowest BCUT2D eigenvalue weighted by molar-refractivity contribution is -0.141. The number of rotatable bonds is 7. The lowest BCUT2D eigenvalue weighted by Gasteiger charge is -2.12. The van der Waals surface area contributed by atoms with Gasteiger partial charge in [0.2, 0.25) is 5.91 Å². The van der Waals surface area contributed by atoms with Crippen molar-refractivity contribution in [3.63, 3.8) is 0 Å². The molecule has 2 atom stereocenters. The highest BCUT2D eigenvalue weighted by Gasteiger charge is 2.18. The lowest BCUT2D eigenvalue weighted by atomic mass is 10.1. The van der Waals surface area contributed by atoms with Gasteiger partial charge in [-0.25, -0.2) is 0 Å². The Bertz CT molecular complexity index is 261. The van der Waals surface area contributed by atoms with Crippen molar-refractivity contribution in [1.29, 1.82) is 0 Å². The van der Waals surface area contributed by atoms with Gasteiger partial charge in [-0.1, -0.05) is 6.92 Å². The number of nitrogens with one attached hydrogen (secondary N) is 1. The number of carbonyl (C=O) groups excluding carboxylic acids is 1. The highest BCUT2D eigenvalue weighted by molar-refractivity contribution is 5.77. The highest BCUT2D eigenvalue weighted by atomic mass is 16.5. The third-order valence-corrected chi connectivity index (χ3v) is 3.11. The number of ether oxygens (including phenoxy) is 1. The molecule has 0 aromatic carbocycles. The largest absolute Gasteiger partial charge is 0.481 e. The second-order valence-electron chi connectivity index (χ2n) is 4.42. The highest BCUT2D eigenvalue weighted by Crippen LogP contribution is 2.16. The summed E-state index contributed by atoms with van der Waals surface area (Å²) in [6.07, 6.45) is 3.99. The van der Waals surface area contributed by atoms with Crippen molar-refractivity contribution in [3.8, 4) is 0 Å². The Morgan fingerprint density at radius 2 is 2.29 bits per heavy atom. The van der Waals surface area contributed by atoms with Gasteiger partial charge in [0.1, 0.15) is 0 Å². The van der Waals surface area contributed by atoms with Crippen LogP contribution in [0.1, 0.15) is 39.0 Å². The van der Waals surface area contributed by atoms with Gasteiger partial charge in [-0.05, 0) is 25.7 Å². The third kappa shape index (κ3) is 5.17. The fourth-order valence-electron chi connectivity index (χ4n) is 1.90. The molecule has 98 valence electrons. The minimum absolute atomic E-state index is 0.0831. The Kier molecular flexibility index (Phi) is 5.97. The number of aliphatic carboxylic acids is 1. The van der Waals surface area contributed by atoms with E-state index in [1.165, 1.54) is 0 Å². The molecule has 0 aromatic heterocycles. The second kappa shape index (κ2) is 7.27. The standard InChI is InChI=1S/C12H21NO4/c1-2-9(12(15)16)8-13-11(14)6-5-10-4-3-7-17-10/h9-10H,2-8H2,1H3,(H,13,14)(H,15,16). The van der Waals surface area contributed by atoms with Crippen molar-refractivity contribution in [1.82, 2.24) is 5.32 Å². The quantitative estimate of drug-likeness (QED) is 0.704. The van der Waals surface area contributed by atoms with Gasteiger partial charge in [0.15, 0.2) is 0 Å². The third-order valence-electron chi connectivity index (χ3n) is 3.11. The predicted molar refractivity (Wildman–Crippen MR) is 62.6 cm³/mol. The number of carboxylic acid groups (broad SMARTS) is 1. The summed E-state index contributed by atoms with van der Waals surface area (Å²) >= 11 is 0. The molecule has 1 aliphatic heterocycles. The molecule has 5 heteroatoms. The molecular weight excluding hydrogens is 222 g/mol. The zero-order valence-electron chi connectivity index (χ0n) is 10.3. The van der Waals surface area contributed by atoms with Gasteiger partial charge >= 0.3 is 5.97 Å². The average Bonchev–Trinajstić information content (AvgIpc) is 2.79. The maximum Gasteiger partial charge on any atom is 0.308 e. The number of amides is 1. The van der Waals surface area contributed by atoms with E-state index in [0.717, 1.165) is 25.9 Å². The molecule has 1 rings (SSSR count). The summed E-state index contributed by atoms with van der Waals surface area (Å²) in [6.45, 7) is 2.82. The van der Waals surface area contributed by atoms with E-state index in [9.17, 15) is 9.59 Å². The summed E-state index contributed by atoms with van der Waals surface area (Å²) in [4.78, 5) is 22.2. The van der Waals surface area contributed by atoms with Gasteiger partial charge in [-0.3, -0.25) is 9.59 Å². The van der Waals surface area contributed by atoms with E-state index < -0.39 is 11.9 Å². The van der Waals surface area contributed by atoms with Crippen LogP contribution in [0.2, 0.25) is 0 Å². The van der Waals surface area contributed by atoms with Crippen LogP contribution in [0.3, 0.4) is 0 Å². The van der Waals surface area contributed by atoms with Crippen LogP contribution < -0.4 is 5.32 Å². The minimum atomic E-state index is -0.855. The fourth-order valence-corrected chi connectivity index (χ4v) is 1.90. The monoisotopic (exact) mass is 243 g/mol. The molecule has 0 bridgehead atoms. The summed E-state index contributed by atoms with van der Waals surface area (Å²) in [5.74, 6) is -1.42. The van der Waals surface area contributed by atoms with Crippen LogP contribution in [-0.2, 0) is 14.3 Å². The van der Waals surface area contributed by atoms with Crippen molar-refractivity contribution in [2.24, 2.45) is 5.92 Å².